The van der Waals surface area contributed by atoms with E-state index in [9.17, 15) is 18.0 Å². The summed E-state index contributed by atoms with van der Waals surface area (Å²) in [5.41, 5.74) is 0. The van der Waals surface area contributed by atoms with Gasteiger partial charge in [0.1, 0.15) is 5.75 Å². The molecule has 0 saturated heterocycles. The second kappa shape index (κ2) is 6.47. The summed E-state index contributed by atoms with van der Waals surface area (Å²) in [7, 11) is -3.38. The molecule has 0 rings (SSSR count). The first-order valence-electron chi connectivity index (χ1n) is 4.95. The zero-order valence-corrected chi connectivity index (χ0v) is 10.2. The normalized spacial score (nSPS) is 11.4. The van der Waals surface area contributed by atoms with Crippen LogP contribution in [-0.2, 0) is 19.4 Å². The molecule has 0 saturated carbocycles. The lowest BCUT2D eigenvalue weighted by Gasteiger charge is -2.07. The van der Waals surface area contributed by atoms with Gasteiger partial charge >= 0.3 is 5.97 Å². The van der Waals surface area contributed by atoms with Gasteiger partial charge in [-0.1, -0.05) is 0 Å². The molecule has 0 aliphatic carbocycles. The fourth-order valence-electron chi connectivity index (χ4n) is 0.868. The number of rotatable bonds is 7. The van der Waals surface area contributed by atoms with Crippen LogP contribution in [-0.4, -0.2) is 42.9 Å². The fraction of sp³-hybridized carbons (Fsp3) is 0.778. The van der Waals surface area contributed by atoms with Crippen LogP contribution in [0, 0.1) is 0 Å². The monoisotopic (exact) mass is 251 g/mol. The molecule has 0 aliphatic rings. The predicted octanol–water partition coefficient (Wildman–Crippen LogP) is -0.209. The van der Waals surface area contributed by atoms with Crippen LogP contribution >= 0.6 is 0 Å². The van der Waals surface area contributed by atoms with Crippen molar-refractivity contribution in [3.8, 4) is 0 Å². The Labute approximate surface area is 95.0 Å². The van der Waals surface area contributed by atoms with Crippen LogP contribution in [0.25, 0.3) is 0 Å². The van der Waals surface area contributed by atoms with Gasteiger partial charge < -0.3 is 10.4 Å². The van der Waals surface area contributed by atoms with Gasteiger partial charge in [0.2, 0.25) is 5.91 Å². The van der Waals surface area contributed by atoms with Crippen LogP contribution in [0.1, 0.15) is 26.7 Å². The van der Waals surface area contributed by atoms with E-state index in [0.29, 0.717) is 6.42 Å². The number of carboxylic acid groups (broad SMARTS) is 1. The Morgan fingerprint density at radius 1 is 1.31 bits per heavy atom. The van der Waals surface area contributed by atoms with Crippen molar-refractivity contribution in [2.45, 2.75) is 31.9 Å². The molecule has 0 radical (unpaired) electrons. The molecule has 7 heteroatoms. The minimum atomic E-state index is -3.38. The zero-order valence-electron chi connectivity index (χ0n) is 9.39. The first-order chi connectivity index (χ1) is 7.25. The van der Waals surface area contributed by atoms with E-state index in [4.69, 9.17) is 5.11 Å². The molecule has 0 aliphatic heterocycles. The van der Waals surface area contributed by atoms with Crippen LogP contribution in [0.15, 0.2) is 0 Å². The number of hydrogen-bond acceptors (Lipinski definition) is 4. The number of carboxylic acids is 1. The molecular weight excluding hydrogens is 234 g/mol. The van der Waals surface area contributed by atoms with E-state index in [2.05, 4.69) is 5.32 Å². The Kier molecular flexibility index (Phi) is 6.02. The second-order valence-electron chi connectivity index (χ2n) is 3.70. The van der Waals surface area contributed by atoms with Gasteiger partial charge in [0.15, 0.2) is 9.84 Å². The van der Waals surface area contributed by atoms with Gasteiger partial charge in [-0.25, -0.2) is 8.42 Å². The first kappa shape index (κ1) is 14.9. The van der Waals surface area contributed by atoms with Crippen molar-refractivity contribution in [2.24, 2.45) is 0 Å². The van der Waals surface area contributed by atoms with Crippen molar-refractivity contribution >= 4 is 21.7 Å². The molecule has 0 heterocycles. The van der Waals surface area contributed by atoms with E-state index in [0.717, 1.165) is 0 Å². The molecule has 0 aromatic rings. The molecule has 0 fully saturated rings. The smallest absolute Gasteiger partial charge is 0.303 e. The number of amides is 1. The Bertz CT molecular complexity index is 347. The lowest BCUT2D eigenvalue weighted by molar-refractivity contribution is -0.137. The van der Waals surface area contributed by atoms with Gasteiger partial charge in [0, 0.05) is 13.0 Å². The Morgan fingerprint density at radius 2 is 1.88 bits per heavy atom. The molecule has 2 N–H and O–H groups in total. The molecule has 0 spiro atoms. The average molecular weight is 251 g/mol. The van der Waals surface area contributed by atoms with Gasteiger partial charge in [0.05, 0.1) is 5.25 Å². The van der Waals surface area contributed by atoms with E-state index < -0.39 is 32.7 Å². The highest BCUT2D eigenvalue weighted by molar-refractivity contribution is 7.92. The minimum Gasteiger partial charge on any atom is -0.481 e. The zero-order chi connectivity index (χ0) is 12.8. The van der Waals surface area contributed by atoms with Crippen molar-refractivity contribution in [2.75, 3.05) is 12.3 Å². The average Bonchev–Trinajstić information content (AvgIpc) is 2.11. The Morgan fingerprint density at radius 3 is 2.31 bits per heavy atom. The number of hydrogen-bond donors (Lipinski definition) is 2. The van der Waals surface area contributed by atoms with Crippen molar-refractivity contribution in [1.29, 1.82) is 0 Å². The SMILES string of the molecule is CC(C)S(=O)(=O)CC(=O)NCCCC(=O)O. The molecular formula is C9H17NO5S. The van der Waals surface area contributed by atoms with Crippen LogP contribution in [0.3, 0.4) is 0 Å². The summed E-state index contributed by atoms with van der Waals surface area (Å²) in [5.74, 6) is -2.07. The molecule has 0 unspecified atom stereocenters. The summed E-state index contributed by atoms with van der Waals surface area (Å²) in [6, 6.07) is 0. The maximum Gasteiger partial charge on any atom is 0.303 e. The van der Waals surface area contributed by atoms with Gasteiger partial charge in [-0.2, -0.15) is 0 Å². The number of carbonyl (C=O) groups excluding carboxylic acids is 1. The molecule has 94 valence electrons. The third-order valence-electron chi connectivity index (χ3n) is 1.94. The van der Waals surface area contributed by atoms with Crippen LogP contribution in [0.4, 0.5) is 0 Å². The van der Waals surface area contributed by atoms with Crippen molar-refractivity contribution in [3.63, 3.8) is 0 Å². The maximum atomic E-state index is 11.3. The van der Waals surface area contributed by atoms with Crippen molar-refractivity contribution < 1.29 is 23.1 Å². The summed E-state index contributed by atoms with van der Waals surface area (Å²) < 4.78 is 22.7. The van der Waals surface area contributed by atoms with E-state index in [-0.39, 0.29) is 13.0 Å². The van der Waals surface area contributed by atoms with Crippen LogP contribution in [0.5, 0.6) is 0 Å². The number of carbonyl (C=O) groups is 2. The minimum absolute atomic E-state index is 0.0444. The van der Waals surface area contributed by atoms with E-state index in [1.165, 1.54) is 13.8 Å². The van der Waals surface area contributed by atoms with E-state index in [1.54, 1.807) is 0 Å². The largest absolute Gasteiger partial charge is 0.481 e. The summed E-state index contributed by atoms with van der Waals surface area (Å²) >= 11 is 0. The Hall–Kier alpha value is -1.11. The van der Waals surface area contributed by atoms with Gasteiger partial charge in [-0.05, 0) is 20.3 Å². The van der Waals surface area contributed by atoms with Gasteiger partial charge in [-0.15, -0.1) is 0 Å². The summed E-state index contributed by atoms with van der Waals surface area (Å²) in [5, 5.41) is 10.1. The third kappa shape index (κ3) is 6.39. The number of aliphatic carboxylic acids is 1. The summed E-state index contributed by atoms with van der Waals surface area (Å²) in [6.07, 6.45) is 0.250. The molecule has 0 bridgehead atoms. The van der Waals surface area contributed by atoms with Crippen LogP contribution < -0.4 is 5.32 Å². The maximum absolute atomic E-state index is 11.3. The lowest BCUT2D eigenvalue weighted by Crippen LogP contribution is -2.33. The fourth-order valence-corrected chi connectivity index (χ4v) is 1.67. The lowest BCUT2D eigenvalue weighted by atomic mass is 10.3. The number of nitrogens with one attached hydrogen (secondary N) is 1. The summed E-state index contributed by atoms with van der Waals surface area (Å²) in [4.78, 5) is 21.3. The quantitative estimate of drug-likeness (QED) is 0.610. The van der Waals surface area contributed by atoms with Crippen molar-refractivity contribution in [3.05, 3.63) is 0 Å². The topological polar surface area (TPSA) is 101 Å². The van der Waals surface area contributed by atoms with Crippen molar-refractivity contribution in [1.82, 2.24) is 5.32 Å². The van der Waals surface area contributed by atoms with Gasteiger partial charge in [-0.3, -0.25) is 9.59 Å². The highest BCUT2D eigenvalue weighted by Crippen LogP contribution is 1.99. The van der Waals surface area contributed by atoms with Gasteiger partial charge in [0.25, 0.3) is 0 Å². The van der Waals surface area contributed by atoms with E-state index >= 15 is 0 Å². The molecule has 0 aromatic carbocycles. The highest BCUT2D eigenvalue weighted by atomic mass is 32.2. The van der Waals surface area contributed by atoms with E-state index in [1.807, 2.05) is 0 Å². The second-order valence-corrected chi connectivity index (χ2v) is 6.26. The molecule has 0 atom stereocenters. The molecule has 6 nitrogen and oxygen atoms in total. The Balaban J connectivity index is 3.88. The summed E-state index contributed by atoms with van der Waals surface area (Å²) in [6.45, 7) is 3.19. The first-order valence-corrected chi connectivity index (χ1v) is 6.67. The highest BCUT2D eigenvalue weighted by Gasteiger charge is 2.20. The number of sulfone groups is 1. The molecule has 16 heavy (non-hydrogen) atoms. The standard InChI is InChI=1S/C9H17NO5S/c1-7(2)16(14,15)6-8(11)10-5-3-4-9(12)13/h7H,3-6H2,1-2H3,(H,10,11)(H,12,13). The predicted molar refractivity (Wildman–Crippen MR) is 58.8 cm³/mol. The third-order valence-corrected chi connectivity index (χ3v) is 4.04. The van der Waals surface area contributed by atoms with Crippen LogP contribution in [0.2, 0.25) is 0 Å². The molecule has 0 aromatic heterocycles. The molecule has 1 amide bonds.